The van der Waals surface area contributed by atoms with Gasteiger partial charge in [-0.05, 0) is 49.7 Å². The first kappa shape index (κ1) is 41.4. The summed E-state index contributed by atoms with van der Waals surface area (Å²) in [5, 5.41) is 0. The average Bonchev–Trinajstić information content (AvgIpc) is 3.76. The van der Waals surface area contributed by atoms with Crippen LogP contribution in [-0.4, -0.2) is 97.7 Å². The van der Waals surface area contributed by atoms with Crippen LogP contribution in [0.4, 0.5) is 5.69 Å². The van der Waals surface area contributed by atoms with Gasteiger partial charge in [0.05, 0.1) is 63.5 Å². The summed E-state index contributed by atoms with van der Waals surface area (Å²) in [4.78, 5) is 101. The van der Waals surface area contributed by atoms with Crippen LogP contribution in [0.25, 0.3) is 5.57 Å². The zero-order valence-electron chi connectivity index (χ0n) is 32.7. The molecule has 0 fully saturated rings. The predicted molar refractivity (Wildman–Crippen MR) is 220 cm³/mol. The standard InChI is InChI=1S/C42H36N2O12S3/c1-41(2)33-28(42(29(37(48)53-4)30(57-33)38(49)54-5)58-31(39(50)55-6)32(59-42)40(51)56-7)25-20-22(52-3)17-18-26(25)44(41)36(47)27(19-21-13-9-8-10-14-21)43-34(45)23-15-11-12-16-24(23)35(43)46/h8-18,20,27H,19H2,1-7H3/t27-/m0/s1. The van der Waals surface area contributed by atoms with Crippen LogP contribution in [0.5, 0.6) is 5.75 Å². The number of fused-ring (bicyclic) bond motifs is 4. The van der Waals surface area contributed by atoms with Crippen molar-refractivity contribution in [3.8, 4) is 5.75 Å². The van der Waals surface area contributed by atoms with E-state index in [9.17, 15) is 28.8 Å². The van der Waals surface area contributed by atoms with Gasteiger partial charge in [0.2, 0.25) is 0 Å². The monoisotopic (exact) mass is 856 g/mol. The second-order valence-corrected chi connectivity index (χ2v) is 17.5. The van der Waals surface area contributed by atoms with E-state index >= 15 is 4.79 Å². The van der Waals surface area contributed by atoms with Crippen LogP contribution in [0.3, 0.4) is 0 Å². The summed E-state index contributed by atoms with van der Waals surface area (Å²) < 4.78 is 24.5. The Morgan fingerprint density at radius 3 is 1.71 bits per heavy atom. The predicted octanol–water partition coefficient (Wildman–Crippen LogP) is 5.52. The number of rotatable bonds is 9. The molecule has 4 aliphatic heterocycles. The summed E-state index contributed by atoms with van der Waals surface area (Å²) in [5.41, 5.74) is 0.198. The van der Waals surface area contributed by atoms with E-state index in [1.807, 2.05) is 6.07 Å². The Morgan fingerprint density at radius 2 is 1.19 bits per heavy atom. The average molecular weight is 857 g/mol. The fraction of sp³-hybridized carbons (Fsp3) is 0.262. The van der Waals surface area contributed by atoms with Crippen molar-refractivity contribution in [2.75, 3.05) is 40.4 Å². The van der Waals surface area contributed by atoms with Crippen molar-refractivity contribution < 1.29 is 57.2 Å². The van der Waals surface area contributed by atoms with Gasteiger partial charge in [-0.15, -0.1) is 0 Å². The molecule has 304 valence electrons. The summed E-state index contributed by atoms with van der Waals surface area (Å²) in [5.74, 6) is -5.31. The van der Waals surface area contributed by atoms with Crippen molar-refractivity contribution in [1.82, 2.24) is 4.90 Å². The number of esters is 4. The third-order valence-corrected chi connectivity index (χ3v) is 14.9. The van der Waals surface area contributed by atoms with Crippen molar-refractivity contribution in [1.29, 1.82) is 0 Å². The highest BCUT2D eigenvalue weighted by molar-refractivity contribution is 8.26. The molecule has 0 aromatic heterocycles. The number of methoxy groups -OCH3 is 5. The maximum absolute atomic E-state index is 15.7. The molecule has 3 aromatic carbocycles. The second kappa shape index (κ2) is 15.8. The SMILES string of the molecule is COC(=O)C1=C(C(=O)OC)SC2(S1)C(C(=O)OC)=C(C(=O)OC)SC1=C2c2cc(OC)ccc2N(C(=O)[C@H](Cc2ccccc2)N2C(=O)c3ccccc3C2=O)C1(C)C. The smallest absolute Gasteiger partial charge is 0.345 e. The van der Waals surface area contributed by atoms with Gasteiger partial charge in [0.25, 0.3) is 17.7 Å². The molecule has 1 spiro atoms. The summed E-state index contributed by atoms with van der Waals surface area (Å²) in [6, 6.07) is 18.8. The molecule has 0 saturated heterocycles. The van der Waals surface area contributed by atoms with E-state index in [0.717, 1.165) is 68.6 Å². The van der Waals surface area contributed by atoms with Gasteiger partial charge in [-0.3, -0.25) is 24.2 Å². The third-order valence-electron chi connectivity index (χ3n) is 10.3. The molecule has 0 N–H and O–H groups in total. The van der Waals surface area contributed by atoms with E-state index in [1.54, 1.807) is 68.4 Å². The van der Waals surface area contributed by atoms with Gasteiger partial charge >= 0.3 is 23.9 Å². The van der Waals surface area contributed by atoms with Crippen molar-refractivity contribution in [3.05, 3.63) is 120 Å². The van der Waals surface area contributed by atoms with Crippen LogP contribution in [-0.2, 0) is 49.3 Å². The van der Waals surface area contributed by atoms with Crippen LogP contribution >= 0.6 is 35.3 Å². The minimum Gasteiger partial charge on any atom is -0.497 e. The highest BCUT2D eigenvalue weighted by Gasteiger charge is 2.62. The van der Waals surface area contributed by atoms with Crippen LogP contribution in [0, 0.1) is 0 Å². The molecule has 1 atom stereocenters. The van der Waals surface area contributed by atoms with E-state index in [4.69, 9.17) is 23.7 Å². The van der Waals surface area contributed by atoms with Crippen LogP contribution in [0.1, 0.15) is 45.7 Å². The van der Waals surface area contributed by atoms with Crippen LogP contribution in [0.2, 0.25) is 0 Å². The maximum Gasteiger partial charge on any atom is 0.345 e. The molecule has 4 heterocycles. The molecule has 0 aliphatic carbocycles. The van der Waals surface area contributed by atoms with Crippen LogP contribution < -0.4 is 9.64 Å². The number of imide groups is 1. The van der Waals surface area contributed by atoms with Crippen molar-refractivity contribution >= 4 is 88.1 Å². The molecule has 17 heteroatoms. The lowest BCUT2D eigenvalue weighted by atomic mass is 9.82. The lowest BCUT2D eigenvalue weighted by Crippen LogP contribution is -2.60. The molecule has 0 saturated carbocycles. The van der Waals surface area contributed by atoms with Crippen LogP contribution in [0.15, 0.2) is 98.0 Å². The number of carbonyl (C=O) groups excluding carboxylic acids is 7. The second-order valence-electron chi connectivity index (χ2n) is 13.8. The molecule has 7 rings (SSSR count). The highest BCUT2D eigenvalue weighted by Crippen LogP contribution is 2.71. The molecule has 0 radical (unpaired) electrons. The summed E-state index contributed by atoms with van der Waals surface area (Å²) in [6.07, 6.45) is -0.0490. The number of hydrogen-bond acceptors (Lipinski definition) is 15. The zero-order chi connectivity index (χ0) is 42.6. The van der Waals surface area contributed by atoms with Crippen molar-refractivity contribution in [2.45, 2.75) is 35.9 Å². The molecule has 4 aliphatic rings. The zero-order valence-corrected chi connectivity index (χ0v) is 35.2. The Balaban J connectivity index is 1.50. The molecule has 3 aromatic rings. The fourth-order valence-electron chi connectivity index (χ4n) is 7.58. The molecule has 14 nitrogen and oxygen atoms in total. The number of ether oxygens (including phenoxy) is 5. The summed E-state index contributed by atoms with van der Waals surface area (Å²) in [7, 11) is 5.96. The molecule has 3 amide bonds. The molecule has 59 heavy (non-hydrogen) atoms. The van der Waals surface area contributed by atoms with Gasteiger partial charge in [0, 0.05) is 22.5 Å². The Bertz CT molecular complexity index is 2410. The van der Waals surface area contributed by atoms with Gasteiger partial charge in [-0.25, -0.2) is 19.2 Å². The fourth-order valence-corrected chi connectivity index (χ4v) is 12.6. The number of amides is 3. The highest BCUT2D eigenvalue weighted by atomic mass is 32.2. The Morgan fingerprint density at radius 1 is 0.661 bits per heavy atom. The normalized spacial score (nSPS) is 17.9. The number of anilines is 1. The maximum atomic E-state index is 15.7. The van der Waals surface area contributed by atoms with Gasteiger partial charge in [-0.1, -0.05) is 77.8 Å². The molecule has 0 bridgehead atoms. The minimum absolute atomic E-state index is 0.0490. The molecular formula is C42H36N2O12S3. The Hall–Kier alpha value is -5.78. The third kappa shape index (κ3) is 6.51. The Labute approximate surface area is 351 Å². The van der Waals surface area contributed by atoms with E-state index in [0.29, 0.717) is 27.4 Å². The molecule has 0 unspecified atom stereocenters. The van der Waals surface area contributed by atoms with Gasteiger partial charge in [0.1, 0.15) is 30.6 Å². The van der Waals surface area contributed by atoms with Crippen molar-refractivity contribution in [3.63, 3.8) is 0 Å². The summed E-state index contributed by atoms with van der Waals surface area (Å²) >= 11 is 2.43. The van der Waals surface area contributed by atoms with Gasteiger partial charge in [0.15, 0.2) is 0 Å². The van der Waals surface area contributed by atoms with E-state index in [2.05, 4.69) is 0 Å². The van der Waals surface area contributed by atoms with Crippen molar-refractivity contribution in [2.24, 2.45) is 0 Å². The Kier molecular flexibility index (Phi) is 11.1. The van der Waals surface area contributed by atoms with Gasteiger partial charge < -0.3 is 23.7 Å². The first-order chi connectivity index (χ1) is 28.2. The topological polar surface area (TPSA) is 172 Å². The number of hydrogen-bond donors (Lipinski definition) is 0. The molecular weight excluding hydrogens is 821 g/mol. The van der Waals surface area contributed by atoms with Gasteiger partial charge in [-0.2, -0.15) is 0 Å². The first-order valence-corrected chi connectivity index (χ1v) is 20.3. The lowest BCUT2D eigenvalue weighted by Gasteiger charge is -2.51. The van der Waals surface area contributed by atoms with E-state index < -0.39 is 57.3 Å². The summed E-state index contributed by atoms with van der Waals surface area (Å²) in [6.45, 7) is 3.43. The van der Waals surface area contributed by atoms with E-state index in [-0.39, 0.29) is 43.5 Å². The lowest BCUT2D eigenvalue weighted by molar-refractivity contribution is -0.138. The number of thioether (sulfide) groups is 3. The number of benzene rings is 3. The quantitative estimate of drug-likeness (QED) is 0.150. The largest absolute Gasteiger partial charge is 0.497 e. The van der Waals surface area contributed by atoms with E-state index in [1.165, 1.54) is 24.1 Å². The minimum atomic E-state index is -1.84. The number of nitrogens with zero attached hydrogens (tertiary/aromatic N) is 2. The number of carbonyl (C=O) groups is 7. The first-order valence-electron chi connectivity index (χ1n) is 17.9.